The highest BCUT2D eigenvalue weighted by molar-refractivity contribution is 5.95. The number of nitrogens with zero attached hydrogens (tertiary/aromatic N) is 1. The maximum atomic E-state index is 12.2. The Morgan fingerprint density at radius 1 is 1.38 bits per heavy atom. The number of benzene rings is 1. The van der Waals surface area contributed by atoms with Gasteiger partial charge in [-0.25, -0.2) is 4.79 Å². The smallest absolute Gasteiger partial charge is 0.410 e. The molecule has 0 bridgehead atoms. The molecule has 2 heterocycles. The number of hydrogen-bond donors (Lipinski definition) is 2. The van der Waals surface area contributed by atoms with Crippen molar-refractivity contribution in [2.24, 2.45) is 0 Å². The second-order valence-corrected chi connectivity index (χ2v) is 7.26. The first-order valence-corrected chi connectivity index (χ1v) is 8.19. The van der Waals surface area contributed by atoms with Crippen LogP contribution in [0, 0.1) is 6.92 Å². The van der Waals surface area contributed by atoms with E-state index in [4.69, 9.17) is 4.74 Å². The average Bonchev–Trinajstić information content (AvgIpc) is 2.90. The van der Waals surface area contributed by atoms with Crippen molar-refractivity contribution < 1.29 is 14.6 Å². The van der Waals surface area contributed by atoms with Crippen molar-refractivity contribution >= 4 is 22.6 Å². The summed E-state index contributed by atoms with van der Waals surface area (Å²) in [4.78, 5) is 17.0. The summed E-state index contributed by atoms with van der Waals surface area (Å²) in [6, 6.07) is 6.11. The minimum absolute atomic E-state index is 0.235. The van der Waals surface area contributed by atoms with E-state index in [1.165, 1.54) is 10.5 Å². The molecule has 128 valence electrons. The molecule has 3 rings (SSSR count). The van der Waals surface area contributed by atoms with Crippen LogP contribution in [0.15, 0.2) is 30.5 Å². The molecular formula is C19H24N2O3. The summed E-state index contributed by atoms with van der Waals surface area (Å²) in [5, 5.41) is 11.6. The van der Waals surface area contributed by atoms with Crippen LogP contribution in [0.4, 0.5) is 4.79 Å². The highest BCUT2D eigenvalue weighted by Crippen LogP contribution is 2.31. The van der Waals surface area contributed by atoms with Crippen molar-refractivity contribution in [3.8, 4) is 0 Å². The molecular weight excluding hydrogens is 304 g/mol. The van der Waals surface area contributed by atoms with Crippen LogP contribution in [-0.4, -0.2) is 45.9 Å². The minimum Gasteiger partial charge on any atom is -0.444 e. The SMILES string of the molecule is Cc1cccc2c(C3=CCN(C(=O)OC(C)(C)C)C[C@@H]3O)c[nH]c12. The Hall–Kier alpha value is -2.27. The fourth-order valence-electron chi connectivity index (χ4n) is 3.04. The first kappa shape index (κ1) is 16.6. The molecule has 24 heavy (non-hydrogen) atoms. The highest BCUT2D eigenvalue weighted by Gasteiger charge is 2.29. The van der Waals surface area contributed by atoms with Gasteiger partial charge in [-0.2, -0.15) is 0 Å². The van der Waals surface area contributed by atoms with Crippen LogP contribution < -0.4 is 0 Å². The predicted octanol–water partition coefficient (Wildman–Crippen LogP) is 3.47. The standard InChI is InChI=1S/C19H24N2O3/c1-12-6-5-7-14-15(10-20-17(12)14)13-8-9-21(11-16(13)22)18(23)24-19(2,3)4/h5-8,10,16,20,22H,9,11H2,1-4H3/t16-/m0/s1. The van der Waals surface area contributed by atoms with Gasteiger partial charge in [-0.15, -0.1) is 0 Å². The van der Waals surface area contributed by atoms with Gasteiger partial charge in [-0.05, 0) is 38.8 Å². The Kier molecular flexibility index (Phi) is 4.13. The highest BCUT2D eigenvalue weighted by atomic mass is 16.6. The Bertz CT molecular complexity index is 799. The van der Waals surface area contributed by atoms with Crippen LogP contribution in [0.3, 0.4) is 0 Å². The molecule has 1 aromatic heterocycles. The lowest BCUT2D eigenvalue weighted by Crippen LogP contribution is -2.43. The Morgan fingerprint density at radius 2 is 2.12 bits per heavy atom. The number of amides is 1. The number of rotatable bonds is 1. The van der Waals surface area contributed by atoms with Crippen molar-refractivity contribution in [2.45, 2.75) is 39.4 Å². The number of aryl methyl sites for hydroxylation is 1. The summed E-state index contributed by atoms with van der Waals surface area (Å²) in [5.41, 5.74) is 3.55. The molecule has 5 nitrogen and oxygen atoms in total. The van der Waals surface area contributed by atoms with E-state index in [0.29, 0.717) is 6.54 Å². The van der Waals surface area contributed by atoms with E-state index in [-0.39, 0.29) is 6.54 Å². The summed E-state index contributed by atoms with van der Waals surface area (Å²) >= 11 is 0. The van der Waals surface area contributed by atoms with Crippen molar-refractivity contribution in [2.75, 3.05) is 13.1 Å². The van der Waals surface area contributed by atoms with E-state index in [1.807, 2.05) is 45.2 Å². The number of nitrogens with one attached hydrogen (secondary N) is 1. The minimum atomic E-state index is -0.731. The maximum Gasteiger partial charge on any atom is 0.410 e. The van der Waals surface area contributed by atoms with E-state index < -0.39 is 17.8 Å². The van der Waals surface area contributed by atoms with Gasteiger partial charge in [0.05, 0.1) is 12.6 Å². The predicted molar refractivity (Wildman–Crippen MR) is 94.8 cm³/mol. The second kappa shape index (κ2) is 5.98. The number of β-amino-alcohol motifs (C(OH)–C–C–N with tert-alkyl or cyclic N) is 1. The monoisotopic (exact) mass is 328 g/mol. The molecule has 0 unspecified atom stereocenters. The molecule has 2 N–H and O–H groups in total. The van der Waals surface area contributed by atoms with Gasteiger partial charge in [-0.1, -0.05) is 24.3 Å². The topological polar surface area (TPSA) is 65.6 Å². The Balaban J connectivity index is 1.85. The summed E-state index contributed by atoms with van der Waals surface area (Å²) in [7, 11) is 0. The summed E-state index contributed by atoms with van der Waals surface area (Å²) in [6.07, 6.45) is 2.70. The van der Waals surface area contributed by atoms with Gasteiger partial charge >= 0.3 is 6.09 Å². The first-order valence-electron chi connectivity index (χ1n) is 8.19. The van der Waals surface area contributed by atoms with Gasteiger partial charge in [0, 0.05) is 29.2 Å². The zero-order chi connectivity index (χ0) is 17.5. The van der Waals surface area contributed by atoms with Crippen LogP contribution in [0.25, 0.3) is 16.5 Å². The molecule has 1 aromatic carbocycles. The van der Waals surface area contributed by atoms with Crippen LogP contribution in [0.1, 0.15) is 31.9 Å². The first-order chi connectivity index (χ1) is 11.3. The van der Waals surface area contributed by atoms with Gasteiger partial charge in [0.25, 0.3) is 0 Å². The molecule has 0 radical (unpaired) electrons. The molecule has 1 aliphatic heterocycles. The average molecular weight is 328 g/mol. The van der Waals surface area contributed by atoms with Gasteiger partial charge in [-0.3, -0.25) is 0 Å². The number of aliphatic hydroxyl groups excluding tert-OH is 1. The number of aromatic nitrogens is 1. The van der Waals surface area contributed by atoms with Crippen LogP contribution in [-0.2, 0) is 4.74 Å². The normalized spacial score (nSPS) is 18.6. The van der Waals surface area contributed by atoms with Crippen molar-refractivity contribution in [1.82, 2.24) is 9.88 Å². The molecule has 0 saturated heterocycles. The number of para-hydroxylation sites is 1. The number of hydrogen-bond acceptors (Lipinski definition) is 3. The number of carbonyl (C=O) groups is 1. The summed E-state index contributed by atoms with van der Waals surface area (Å²) in [5.74, 6) is 0. The fourth-order valence-corrected chi connectivity index (χ4v) is 3.04. The fraction of sp³-hybridized carbons (Fsp3) is 0.421. The van der Waals surface area contributed by atoms with Crippen molar-refractivity contribution in [3.63, 3.8) is 0 Å². The third-order valence-electron chi connectivity index (χ3n) is 4.17. The molecule has 5 heteroatoms. The van der Waals surface area contributed by atoms with Gasteiger partial charge < -0.3 is 19.7 Å². The quantitative estimate of drug-likeness (QED) is 0.842. The molecule has 1 aliphatic rings. The number of fused-ring (bicyclic) bond motifs is 1. The molecule has 1 amide bonds. The Labute approximate surface area is 141 Å². The van der Waals surface area contributed by atoms with Gasteiger partial charge in [0.1, 0.15) is 5.60 Å². The number of H-pyrrole nitrogens is 1. The van der Waals surface area contributed by atoms with Gasteiger partial charge in [0.15, 0.2) is 0 Å². The largest absolute Gasteiger partial charge is 0.444 e. The third kappa shape index (κ3) is 3.17. The Morgan fingerprint density at radius 3 is 2.79 bits per heavy atom. The van der Waals surface area contributed by atoms with E-state index in [0.717, 1.165) is 22.0 Å². The van der Waals surface area contributed by atoms with E-state index >= 15 is 0 Å². The molecule has 0 saturated carbocycles. The maximum absolute atomic E-state index is 12.2. The lowest BCUT2D eigenvalue weighted by atomic mass is 9.96. The lowest BCUT2D eigenvalue weighted by Gasteiger charge is -2.32. The lowest BCUT2D eigenvalue weighted by molar-refractivity contribution is 0.0198. The summed E-state index contributed by atoms with van der Waals surface area (Å²) in [6.45, 7) is 8.22. The zero-order valence-electron chi connectivity index (χ0n) is 14.6. The number of aliphatic hydroxyl groups is 1. The molecule has 0 spiro atoms. The van der Waals surface area contributed by atoms with Crippen LogP contribution in [0.5, 0.6) is 0 Å². The van der Waals surface area contributed by atoms with E-state index in [2.05, 4.69) is 18.0 Å². The number of ether oxygens (including phenoxy) is 1. The van der Waals surface area contributed by atoms with Crippen molar-refractivity contribution in [1.29, 1.82) is 0 Å². The number of carbonyl (C=O) groups excluding carboxylic acids is 1. The second-order valence-electron chi connectivity index (χ2n) is 7.26. The molecule has 1 atom stereocenters. The zero-order valence-corrected chi connectivity index (χ0v) is 14.6. The van der Waals surface area contributed by atoms with Gasteiger partial charge in [0.2, 0.25) is 0 Å². The van der Waals surface area contributed by atoms with Crippen LogP contribution in [0.2, 0.25) is 0 Å². The third-order valence-corrected chi connectivity index (χ3v) is 4.17. The molecule has 0 aliphatic carbocycles. The number of aromatic amines is 1. The van der Waals surface area contributed by atoms with Crippen LogP contribution >= 0.6 is 0 Å². The van der Waals surface area contributed by atoms with E-state index in [1.54, 1.807) is 0 Å². The molecule has 0 fully saturated rings. The molecule has 2 aromatic rings. The van der Waals surface area contributed by atoms with E-state index in [9.17, 15) is 9.90 Å². The summed E-state index contributed by atoms with van der Waals surface area (Å²) < 4.78 is 5.38. The van der Waals surface area contributed by atoms with Crippen molar-refractivity contribution in [3.05, 3.63) is 41.6 Å².